The molecule has 1 heterocycles. The smallest absolute Gasteiger partial charge is 0.257 e. The summed E-state index contributed by atoms with van der Waals surface area (Å²) in [5.74, 6) is 0.506. The van der Waals surface area contributed by atoms with Crippen molar-refractivity contribution in [3.8, 4) is 28.4 Å². The number of ether oxygens (including phenoxy) is 2. The molecule has 0 fully saturated rings. The molecule has 8 heteroatoms. The lowest BCUT2D eigenvalue weighted by Gasteiger charge is -2.18. The molecule has 0 unspecified atom stereocenters. The summed E-state index contributed by atoms with van der Waals surface area (Å²) in [5.41, 5.74) is 4.94. The lowest BCUT2D eigenvalue weighted by atomic mass is 10.1. The van der Waals surface area contributed by atoms with Gasteiger partial charge in [-0.2, -0.15) is 5.10 Å². The number of hydrogen-bond donors (Lipinski definition) is 1. The van der Waals surface area contributed by atoms with Crippen LogP contribution >= 0.6 is 0 Å². The standard InChI is InChI=1S/C29H30N4O4/c1-19-10-9-13-25(20(19)2)30-27(34)18-32(3)29(35)24-17-33(21-11-7-6-8-12-21)31-28(24)23-16-22(36-4)14-15-26(23)37-5/h6-17H,18H2,1-5H3,(H,30,34). The fourth-order valence-corrected chi connectivity index (χ4v) is 4.01. The highest BCUT2D eigenvalue weighted by Crippen LogP contribution is 2.35. The number of aromatic nitrogens is 2. The van der Waals surface area contributed by atoms with E-state index in [-0.39, 0.29) is 18.4 Å². The summed E-state index contributed by atoms with van der Waals surface area (Å²) in [6, 6.07) is 20.5. The zero-order valence-electron chi connectivity index (χ0n) is 21.6. The maximum Gasteiger partial charge on any atom is 0.257 e. The van der Waals surface area contributed by atoms with Gasteiger partial charge >= 0.3 is 0 Å². The van der Waals surface area contributed by atoms with Crippen LogP contribution in [0.5, 0.6) is 11.5 Å². The van der Waals surface area contributed by atoms with Crippen molar-refractivity contribution in [1.82, 2.24) is 14.7 Å². The van der Waals surface area contributed by atoms with Gasteiger partial charge in [0.2, 0.25) is 5.91 Å². The van der Waals surface area contributed by atoms with E-state index < -0.39 is 0 Å². The number of nitrogens with zero attached hydrogens (tertiary/aromatic N) is 3. The number of methoxy groups -OCH3 is 2. The number of hydrogen-bond acceptors (Lipinski definition) is 5. The number of amides is 2. The molecule has 0 bridgehead atoms. The molecule has 8 nitrogen and oxygen atoms in total. The predicted molar refractivity (Wildman–Crippen MR) is 144 cm³/mol. The molecule has 1 aromatic heterocycles. The van der Waals surface area contributed by atoms with Crippen molar-refractivity contribution in [2.75, 3.05) is 33.1 Å². The third-order valence-corrected chi connectivity index (χ3v) is 6.23. The highest BCUT2D eigenvalue weighted by atomic mass is 16.5. The summed E-state index contributed by atoms with van der Waals surface area (Å²) < 4.78 is 12.6. The first kappa shape index (κ1) is 25.5. The number of likely N-dealkylation sites (N-methyl/N-ethyl adjacent to an activating group) is 1. The van der Waals surface area contributed by atoms with Gasteiger partial charge < -0.3 is 19.7 Å². The Hall–Kier alpha value is -4.59. The minimum absolute atomic E-state index is 0.128. The number of carbonyl (C=O) groups excluding carboxylic acids is 2. The molecule has 0 saturated carbocycles. The topological polar surface area (TPSA) is 85.7 Å². The SMILES string of the molecule is COc1ccc(OC)c(-c2nn(-c3ccccc3)cc2C(=O)N(C)CC(=O)Nc2cccc(C)c2C)c1. The van der Waals surface area contributed by atoms with Crippen LogP contribution in [0.15, 0.2) is 72.9 Å². The van der Waals surface area contributed by atoms with Gasteiger partial charge in [-0.25, -0.2) is 4.68 Å². The number of aryl methyl sites for hydroxylation is 1. The Labute approximate surface area is 216 Å². The van der Waals surface area contributed by atoms with Crippen LogP contribution in [-0.4, -0.2) is 54.3 Å². The fraction of sp³-hybridized carbons (Fsp3) is 0.207. The van der Waals surface area contributed by atoms with Gasteiger partial charge in [0.15, 0.2) is 0 Å². The van der Waals surface area contributed by atoms with Crippen molar-refractivity contribution in [3.63, 3.8) is 0 Å². The molecule has 4 rings (SSSR count). The van der Waals surface area contributed by atoms with Crippen molar-refractivity contribution in [2.24, 2.45) is 0 Å². The van der Waals surface area contributed by atoms with E-state index in [0.29, 0.717) is 28.3 Å². The summed E-state index contributed by atoms with van der Waals surface area (Å²) in [4.78, 5) is 27.9. The Balaban J connectivity index is 1.68. The highest BCUT2D eigenvalue weighted by Gasteiger charge is 2.25. The van der Waals surface area contributed by atoms with Crippen LogP contribution in [-0.2, 0) is 4.79 Å². The van der Waals surface area contributed by atoms with E-state index in [1.165, 1.54) is 4.90 Å². The second-order valence-electron chi connectivity index (χ2n) is 8.69. The largest absolute Gasteiger partial charge is 0.497 e. The Morgan fingerprint density at radius 3 is 2.43 bits per heavy atom. The van der Waals surface area contributed by atoms with Crippen LogP contribution < -0.4 is 14.8 Å². The van der Waals surface area contributed by atoms with Gasteiger partial charge in [0.25, 0.3) is 5.91 Å². The van der Waals surface area contributed by atoms with Crippen LogP contribution in [0.3, 0.4) is 0 Å². The minimum Gasteiger partial charge on any atom is -0.497 e. The molecule has 190 valence electrons. The monoisotopic (exact) mass is 498 g/mol. The number of nitrogens with one attached hydrogen (secondary N) is 1. The van der Waals surface area contributed by atoms with E-state index in [0.717, 1.165) is 22.5 Å². The molecule has 0 radical (unpaired) electrons. The van der Waals surface area contributed by atoms with E-state index in [1.807, 2.05) is 62.4 Å². The molecular weight excluding hydrogens is 468 g/mol. The van der Waals surface area contributed by atoms with E-state index >= 15 is 0 Å². The third-order valence-electron chi connectivity index (χ3n) is 6.23. The Kier molecular flexibility index (Phi) is 7.57. The van der Waals surface area contributed by atoms with Crippen LogP contribution in [0.2, 0.25) is 0 Å². The fourth-order valence-electron chi connectivity index (χ4n) is 4.01. The van der Waals surface area contributed by atoms with Crippen LogP contribution in [0.25, 0.3) is 16.9 Å². The maximum absolute atomic E-state index is 13.7. The molecule has 3 aromatic carbocycles. The highest BCUT2D eigenvalue weighted by molar-refractivity contribution is 6.03. The third kappa shape index (κ3) is 5.48. The van der Waals surface area contributed by atoms with Crippen molar-refractivity contribution < 1.29 is 19.1 Å². The molecule has 0 saturated heterocycles. The maximum atomic E-state index is 13.7. The minimum atomic E-state index is -0.349. The molecule has 0 aliphatic rings. The molecule has 1 N–H and O–H groups in total. The van der Waals surface area contributed by atoms with Crippen molar-refractivity contribution >= 4 is 17.5 Å². The van der Waals surface area contributed by atoms with E-state index in [1.54, 1.807) is 50.3 Å². The number of rotatable bonds is 8. The Morgan fingerprint density at radius 1 is 0.973 bits per heavy atom. The van der Waals surface area contributed by atoms with E-state index in [2.05, 4.69) is 5.32 Å². The molecular formula is C29H30N4O4. The first-order valence-electron chi connectivity index (χ1n) is 11.8. The van der Waals surface area contributed by atoms with Gasteiger partial charge in [0.05, 0.1) is 32.0 Å². The van der Waals surface area contributed by atoms with Gasteiger partial charge in [-0.1, -0.05) is 30.3 Å². The Bertz CT molecular complexity index is 1430. The summed E-state index contributed by atoms with van der Waals surface area (Å²) in [6.45, 7) is 3.81. The lowest BCUT2D eigenvalue weighted by molar-refractivity contribution is -0.116. The summed E-state index contributed by atoms with van der Waals surface area (Å²) in [7, 11) is 4.73. The summed E-state index contributed by atoms with van der Waals surface area (Å²) in [5, 5.41) is 7.65. The lowest BCUT2D eigenvalue weighted by Crippen LogP contribution is -2.35. The first-order chi connectivity index (χ1) is 17.8. The Morgan fingerprint density at radius 2 is 1.73 bits per heavy atom. The molecule has 0 aliphatic carbocycles. The van der Waals surface area contributed by atoms with Gasteiger partial charge in [-0.15, -0.1) is 0 Å². The van der Waals surface area contributed by atoms with Crippen LogP contribution in [0.4, 0.5) is 5.69 Å². The molecule has 37 heavy (non-hydrogen) atoms. The zero-order valence-corrected chi connectivity index (χ0v) is 21.6. The molecule has 2 amide bonds. The second-order valence-corrected chi connectivity index (χ2v) is 8.69. The van der Waals surface area contributed by atoms with E-state index in [9.17, 15) is 9.59 Å². The summed E-state index contributed by atoms with van der Waals surface area (Å²) >= 11 is 0. The average molecular weight is 499 g/mol. The molecule has 0 aliphatic heterocycles. The van der Waals surface area contributed by atoms with Gasteiger partial charge in [0.1, 0.15) is 17.2 Å². The second kappa shape index (κ2) is 11.0. The van der Waals surface area contributed by atoms with E-state index in [4.69, 9.17) is 14.6 Å². The normalized spacial score (nSPS) is 10.6. The van der Waals surface area contributed by atoms with Gasteiger partial charge in [0, 0.05) is 24.5 Å². The number of anilines is 1. The predicted octanol–water partition coefficient (Wildman–Crippen LogP) is 4.88. The number of benzene rings is 3. The van der Waals surface area contributed by atoms with Crippen molar-refractivity contribution in [2.45, 2.75) is 13.8 Å². The first-order valence-corrected chi connectivity index (χ1v) is 11.8. The quantitative estimate of drug-likeness (QED) is 0.374. The number of carbonyl (C=O) groups is 2. The van der Waals surface area contributed by atoms with Gasteiger partial charge in [-0.3, -0.25) is 9.59 Å². The number of para-hydroxylation sites is 1. The average Bonchev–Trinajstić information content (AvgIpc) is 3.36. The molecule has 4 aromatic rings. The summed E-state index contributed by atoms with van der Waals surface area (Å²) in [6.07, 6.45) is 1.67. The van der Waals surface area contributed by atoms with Gasteiger partial charge in [-0.05, 0) is 61.4 Å². The van der Waals surface area contributed by atoms with Crippen molar-refractivity contribution in [1.29, 1.82) is 0 Å². The zero-order chi connectivity index (χ0) is 26.5. The van der Waals surface area contributed by atoms with Crippen LogP contribution in [0, 0.1) is 13.8 Å². The van der Waals surface area contributed by atoms with Crippen molar-refractivity contribution in [3.05, 3.63) is 89.6 Å². The molecule has 0 atom stereocenters. The molecule has 0 spiro atoms. The van der Waals surface area contributed by atoms with Crippen LogP contribution in [0.1, 0.15) is 21.5 Å².